The molecule has 3 heteroatoms. The van der Waals surface area contributed by atoms with Crippen molar-refractivity contribution in [3.63, 3.8) is 0 Å². The molecular formula is C12H11N3. The molecule has 0 bridgehead atoms. The average molecular weight is 197 g/mol. The first-order valence-electron chi connectivity index (χ1n) is 4.38. The standard InChI is InChI=1S/C12H11N3/c1-9-4-5-14-8-12(9)10(2)7-15-11(3)6-13/h4-5,7-8H,2-3H2,1H3. The predicted molar refractivity (Wildman–Crippen MR) is 61.3 cm³/mol. The SMILES string of the molecule is C=C(C#N)N=CC(=C)c1cnccc1C. The smallest absolute Gasteiger partial charge is 0.133 e. The van der Waals surface area contributed by atoms with Gasteiger partial charge >= 0.3 is 0 Å². The minimum absolute atomic E-state index is 0.165. The van der Waals surface area contributed by atoms with Crippen molar-refractivity contribution in [2.24, 2.45) is 4.99 Å². The molecule has 0 aliphatic rings. The number of rotatable bonds is 3. The van der Waals surface area contributed by atoms with Gasteiger partial charge in [0.05, 0.1) is 0 Å². The van der Waals surface area contributed by atoms with E-state index in [9.17, 15) is 0 Å². The molecule has 0 amide bonds. The highest BCUT2D eigenvalue weighted by atomic mass is 14.7. The molecule has 0 spiro atoms. The predicted octanol–water partition coefficient (Wildman–Crippen LogP) is 2.51. The van der Waals surface area contributed by atoms with Crippen molar-refractivity contribution in [2.75, 3.05) is 0 Å². The molecule has 0 aliphatic carbocycles. The van der Waals surface area contributed by atoms with Gasteiger partial charge in [0.1, 0.15) is 11.8 Å². The lowest BCUT2D eigenvalue weighted by molar-refractivity contribution is 1.27. The Hall–Kier alpha value is -2.21. The molecule has 0 N–H and O–H groups in total. The molecular weight excluding hydrogens is 186 g/mol. The third-order valence-electron chi connectivity index (χ3n) is 1.89. The minimum atomic E-state index is 0.165. The Morgan fingerprint density at radius 1 is 1.60 bits per heavy atom. The van der Waals surface area contributed by atoms with Crippen LogP contribution in [0.4, 0.5) is 0 Å². The summed E-state index contributed by atoms with van der Waals surface area (Å²) in [5.41, 5.74) is 2.88. The van der Waals surface area contributed by atoms with Crippen LogP contribution in [0.3, 0.4) is 0 Å². The number of aliphatic imine (C=N–C) groups is 1. The minimum Gasteiger partial charge on any atom is -0.264 e. The van der Waals surface area contributed by atoms with Gasteiger partial charge in [0, 0.05) is 24.2 Å². The van der Waals surface area contributed by atoms with E-state index < -0.39 is 0 Å². The first-order chi connectivity index (χ1) is 7.15. The maximum absolute atomic E-state index is 8.47. The van der Waals surface area contributed by atoms with Crippen LogP contribution in [0, 0.1) is 18.3 Å². The molecule has 0 saturated heterocycles. The quantitative estimate of drug-likeness (QED) is 0.552. The van der Waals surface area contributed by atoms with Crippen LogP contribution in [0.15, 0.2) is 42.3 Å². The highest BCUT2D eigenvalue weighted by molar-refractivity contribution is 6.09. The fraction of sp³-hybridized carbons (Fsp3) is 0.0833. The number of nitriles is 1. The molecule has 1 aromatic rings. The third-order valence-corrected chi connectivity index (χ3v) is 1.89. The summed E-state index contributed by atoms with van der Waals surface area (Å²) in [4.78, 5) is 7.86. The van der Waals surface area contributed by atoms with Crippen LogP contribution in [0.25, 0.3) is 5.57 Å². The van der Waals surface area contributed by atoms with E-state index in [-0.39, 0.29) is 5.70 Å². The van der Waals surface area contributed by atoms with Crippen molar-refractivity contribution in [3.8, 4) is 6.07 Å². The molecule has 1 aromatic heterocycles. The van der Waals surface area contributed by atoms with Crippen molar-refractivity contribution in [1.82, 2.24) is 4.98 Å². The van der Waals surface area contributed by atoms with Gasteiger partial charge in [-0.25, -0.2) is 4.99 Å². The van der Waals surface area contributed by atoms with E-state index in [1.807, 2.05) is 19.1 Å². The second kappa shape index (κ2) is 4.87. The number of allylic oxidation sites excluding steroid dienone is 2. The van der Waals surface area contributed by atoms with Crippen molar-refractivity contribution in [2.45, 2.75) is 6.92 Å². The van der Waals surface area contributed by atoms with E-state index in [0.717, 1.165) is 16.7 Å². The largest absolute Gasteiger partial charge is 0.264 e. The van der Waals surface area contributed by atoms with Gasteiger partial charge in [0.2, 0.25) is 0 Å². The average Bonchev–Trinajstić information content (AvgIpc) is 2.26. The van der Waals surface area contributed by atoms with E-state index in [2.05, 4.69) is 23.1 Å². The molecule has 0 atom stereocenters. The molecule has 0 aromatic carbocycles. The van der Waals surface area contributed by atoms with E-state index in [4.69, 9.17) is 5.26 Å². The van der Waals surface area contributed by atoms with Gasteiger partial charge in [0.25, 0.3) is 0 Å². The van der Waals surface area contributed by atoms with Gasteiger partial charge in [-0.2, -0.15) is 5.26 Å². The summed E-state index contributed by atoms with van der Waals surface area (Å²) in [5.74, 6) is 0. The Morgan fingerprint density at radius 2 is 2.33 bits per heavy atom. The Kier molecular flexibility index (Phi) is 3.53. The van der Waals surface area contributed by atoms with Crippen LogP contribution in [-0.4, -0.2) is 11.2 Å². The number of nitrogens with zero attached hydrogens (tertiary/aromatic N) is 3. The molecule has 15 heavy (non-hydrogen) atoms. The summed E-state index contributed by atoms with van der Waals surface area (Å²) in [5, 5.41) is 8.47. The van der Waals surface area contributed by atoms with Gasteiger partial charge in [-0.15, -0.1) is 0 Å². The summed E-state index contributed by atoms with van der Waals surface area (Å²) in [6.07, 6.45) is 4.96. The van der Waals surface area contributed by atoms with Crippen molar-refractivity contribution in [3.05, 3.63) is 48.4 Å². The van der Waals surface area contributed by atoms with Gasteiger partial charge in [0.15, 0.2) is 0 Å². The summed E-state index contributed by atoms with van der Waals surface area (Å²) >= 11 is 0. The lowest BCUT2D eigenvalue weighted by Crippen LogP contribution is -1.90. The lowest BCUT2D eigenvalue weighted by atomic mass is 10.1. The van der Waals surface area contributed by atoms with Gasteiger partial charge in [-0.1, -0.05) is 13.2 Å². The summed E-state index contributed by atoms with van der Waals surface area (Å²) in [6, 6.07) is 3.73. The zero-order valence-corrected chi connectivity index (χ0v) is 8.57. The number of hydrogen-bond donors (Lipinski definition) is 0. The second-order valence-electron chi connectivity index (χ2n) is 3.03. The Bertz CT molecular complexity index is 464. The van der Waals surface area contributed by atoms with Gasteiger partial charge < -0.3 is 0 Å². The maximum atomic E-state index is 8.47. The number of hydrogen-bond acceptors (Lipinski definition) is 3. The van der Waals surface area contributed by atoms with Crippen LogP contribution in [-0.2, 0) is 0 Å². The highest BCUT2D eigenvalue weighted by Crippen LogP contribution is 2.13. The number of aromatic nitrogens is 1. The Labute approximate surface area is 89.1 Å². The van der Waals surface area contributed by atoms with Gasteiger partial charge in [-0.3, -0.25) is 4.98 Å². The molecule has 74 valence electrons. The zero-order valence-electron chi connectivity index (χ0n) is 8.57. The molecule has 0 aliphatic heterocycles. The normalized spacial score (nSPS) is 9.87. The van der Waals surface area contributed by atoms with Gasteiger partial charge in [-0.05, 0) is 24.1 Å². The van der Waals surface area contributed by atoms with Crippen molar-refractivity contribution in [1.29, 1.82) is 5.26 Å². The third kappa shape index (κ3) is 2.89. The van der Waals surface area contributed by atoms with E-state index in [1.165, 1.54) is 6.21 Å². The van der Waals surface area contributed by atoms with E-state index in [1.54, 1.807) is 12.4 Å². The highest BCUT2D eigenvalue weighted by Gasteiger charge is 1.99. The lowest BCUT2D eigenvalue weighted by Gasteiger charge is -2.02. The van der Waals surface area contributed by atoms with Crippen LogP contribution in [0.2, 0.25) is 0 Å². The molecule has 0 unspecified atom stereocenters. The summed E-state index contributed by atoms with van der Waals surface area (Å²) in [6.45, 7) is 9.27. The first kappa shape index (κ1) is 10.9. The summed E-state index contributed by atoms with van der Waals surface area (Å²) < 4.78 is 0. The molecule has 1 rings (SSSR count). The monoisotopic (exact) mass is 197 g/mol. The first-order valence-corrected chi connectivity index (χ1v) is 4.38. The Morgan fingerprint density at radius 3 is 2.93 bits per heavy atom. The molecule has 0 radical (unpaired) electrons. The van der Waals surface area contributed by atoms with Crippen LogP contribution < -0.4 is 0 Å². The van der Waals surface area contributed by atoms with E-state index >= 15 is 0 Å². The van der Waals surface area contributed by atoms with Crippen molar-refractivity contribution >= 4 is 11.8 Å². The fourth-order valence-corrected chi connectivity index (χ4v) is 1.05. The number of aryl methyl sites for hydroxylation is 1. The second-order valence-corrected chi connectivity index (χ2v) is 3.03. The summed E-state index contributed by atoms with van der Waals surface area (Å²) in [7, 11) is 0. The van der Waals surface area contributed by atoms with Crippen LogP contribution in [0.5, 0.6) is 0 Å². The van der Waals surface area contributed by atoms with Crippen LogP contribution in [0.1, 0.15) is 11.1 Å². The topological polar surface area (TPSA) is 49.0 Å². The fourth-order valence-electron chi connectivity index (χ4n) is 1.05. The van der Waals surface area contributed by atoms with E-state index in [0.29, 0.717) is 0 Å². The Balaban J connectivity index is 2.88. The van der Waals surface area contributed by atoms with Crippen LogP contribution >= 0.6 is 0 Å². The number of pyridine rings is 1. The molecule has 3 nitrogen and oxygen atoms in total. The maximum Gasteiger partial charge on any atom is 0.133 e. The zero-order chi connectivity index (χ0) is 11.3. The molecule has 0 saturated carbocycles. The molecule has 0 fully saturated rings. The molecule has 1 heterocycles. The van der Waals surface area contributed by atoms with Crippen molar-refractivity contribution < 1.29 is 0 Å².